The van der Waals surface area contributed by atoms with Crippen LogP contribution in [-0.4, -0.2) is 16.9 Å². The molecule has 0 aliphatic heterocycles. The highest BCUT2D eigenvalue weighted by Crippen LogP contribution is 2.30. The zero-order chi connectivity index (χ0) is 12.4. The van der Waals surface area contributed by atoms with Crippen molar-refractivity contribution in [1.82, 2.24) is 9.78 Å². The predicted octanol–water partition coefficient (Wildman–Crippen LogP) is 2.55. The summed E-state index contributed by atoms with van der Waals surface area (Å²) in [5, 5.41) is 4.76. The van der Waals surface area contributed by atoms with E-state index in [0.717, 1.165) is 17.0 Å². The van der Waals surface area contributed by atoms with Crippen molar-refractivity contribution in [1.29, 1.82) is 0 Å². The van der Waals surface area contributed by atoms with Crippen molar-refractivity contribution in [3.05, 3.63) is 41.2 Å². The summed E-state index contributed by atoms with van der Waals surface area (Å²) >= 11 is 5.87. The van der Waals surface area contributed by atoms with E-state index in [-0.39, 0.29) is 6.04 Å². The Labute approximate surface area is 105 Å². The van der Waals surface area contributed by atoms with E-state index in [0.29, 0.717) is 5.02 Å². The number of hydrogen-bond acceptors (Lipinski definition) is 3. The number of aromatic nitrogens is 2. The molecule has 0 saturated heterocycles. The Morgan fingerprint density at radius 3 is 2.76 bits per heavy atom. The molecule has 1 atom stereocenters. The maximum atomic E-state index is 5.98. The first-order valence-electron chi connectivity index (χ1n) is 5.26. The predicted molar refractivity (Wildman–Crippen MR) is 67.7 cm³/mol. The third-order valence-corrected chi connectivity index (χ3v) is 2.71. The first-order chi connectivity index (χ1) is 8.13. The molecule has 0 spiro atoms. The van der Waals surface area contributed by atoms with E-state index < -0.39 is 0 Å². The van der Waals surface area contributed by atoms with E-state index in [4.69, 9.17) is 22.1 Å². The van der Waals surface area contributed by atoms with Crippen molar-refractivity contribution in [2.24, 2.45) is 5.73 Å². The molecule has 17 heavy (non-hydrogen) atoms. The van der Waals surface area contributed by atoms with Gasteiger partial charge in [0, 0.05) is 17.8 Å². The average molecular weight is 252 g/mol. The van der Waals surface area contributed by atoms with Gasteiger partial charge in [0.05, 0.1) is 24.0 Å². The second-order valence-corrected chi connectivity index (χ2v) is 4.22. The zero-order valence-electron chi connectivity index (χ0n) is 9.72. The molecule has 1 unspecified atom stereocenters. The van der Waals surface area contributed by atoms with Gasteiger partial charge in [0.25, 0.3) is 0 Å². The number of benzene rings is 1. The minimum Gasteiger partial charge on any atom is -0.496 e. The largest absolute Gasteiger partial charge is 0.496 e. The molecule has 2 rings (SSSR count). The van der Waals surface area contributed by atoms with Crippen molar-refractivity contribution >= 4 is 11.6 Å². The molecule has 1 heterocycles. The fourth-order valence-electron chi connectivity index (χ4n) is 1.80. The van der Waals surface area contributed by atoms with Crippen LogP contribution in [0.25, 0.3) is 5.69 Å². The Morgan fingerprint density at radius 2 is 2.24 bits per heavy atom. The first kappa shape index (κ1) is 12.0. The van der Waals surface area contributed by atoms with Gasteiger partial charge in [-0.2, -0.15) is 5.10 Å². The summed E-state index contributed by atoms with van der Waals surface area (Å²) in [7, 11) is 1.63. The van der Waals surface area contributed by atoms with Crippen molar-refractivity contribution in [3.63, 3.8) is 0 Å². The van der Waals surface area contributed by atoms with Crippen molar-refractivity contribution in [3.8, 4) is 11.4 Å². The lowest BCUT2D eigenvalue weighted by molar-refractivity contribution is 0.406. The number of methoxy groups -OCH3 is 1. The fourth-order valence-corrected chi connectivity index (χ4v) is 1.94. The lowest BCUT2D eigenvalue weighted by Gasteiger charge is -2.16. The highest BCUT2D eigenvalue weighted by Gasteiger charge is 2.14. The van der Waals surface area contributed by atoms with Crippen LogP contribution in [-0.2, 0) is 0 Å². The third-order valence-electron chi connectivity index (χ3n) is 2.52. The van der Waals surface area contributed by atoms with Gasteiger partial charge in [-0.1, -0.05) is 17.7 Å². The summed E-state index contributed by atoms with van der Waals surface area (Å²) in [5.41, 5.74) is 7.77. The Balaban J connectivity index is 2.60. The Bertz CT molecular complexity index is 522. The number of ether oxygens (including phenoxy) is 1. The number of nitrogens with two attached hydrogens (primary N) is 1. The van der Waals surface area contributed by atoms with Crippen molar-refractivity contribution in [2.45, 2.75) is 13.0 Å². The number of rotatable bonds is 3. The fraction of sp³-hybridized carbons (Fsp3) is 0.250. The van der Waals surface area contributed by atoms with E-state index in [2.05, 4.69) is 5.10 Å². The molecule has 0 amide bonds. The van der Waals surface area contributed by atoms with Gasteiger partial charge >= 0.3 is 0 Å². The van der Waals surface area contributed by atoms with Gasteiger partial charge in [-0.3, -0.25) is 0 Å². The van der Waals surface area contributed by atoms with Gasteiger partial charge in [-0.25, -0.2) is 4.68 Å². The second kappa shape index (κ2) is 4.77. The van der Waals surface area contributed by atoms with Gasteiger partial charge in [0.1, 0.15) is 5.75 Å². The molecule has 0 fully saturated rings. The second-order valence-electron chi connectivity index (χ2n) is 3.78. The summed E-state index contributed by atoms with van der Waals surface area (Å²) in [5.74, 6) is 0.754. The third kappa shape index (κ3) is 2.28. The molecular weight excluding hydrogens is 238 g/mol. The van der Waals surface area contributed by atoms with Gasteiger partial charge < -0.3 is 10.5 Å². The minimum absolute atomic E-state index is 0.149. The molecule has 4 nitrogen and oxygen atoms in total. The van der Waals surface area contributed by atoms with E-state index >= 15 is 0 Å². The minimum atomic E-state index is -0.149. The lowest BCUT2D eigenvalue weighted by atomic mass is 10.1. The van der Waals surface area contributed by atoms with E-state index in [1.54, 1.807) is 24.2 Å². The van der Waals surface area contributed by atoms with Gasteiger partial charge in [0.2, 0.25) is 0 Å². The molecule has 0 aliphatic rings. The molecule has 0 radical (unpaired) electrons. The smallest absolute Gasteiger partial charge is 0.125 e. The highest BCUT2D eigenvalue weighted by atomic mass is 35.5. The van der Waals surface area contributed by atoms with Crippen LogP contribution in [0.5, 0.6) is 5.75 Å². The Kier molecular flexibility index (Phi) is 3.36. The standard InChI is InChI=1S/C12H14ClN3O/c1-8(14)12-10(4-3-5-11(12)17-2)16-7-9(13)6-15-16/h3-8H,14H2,1-2H3. The SMILES string of the molecule is COc1cccc(-n2cc(Cl)cn2)c1C(C)N. The van der Waals surface area contributed by atoms with Crippen LogP contribution < -0.4 is 10.5 Å². The van der Waals surface area contributed by atoms with Crippen LogP contribution >= 0.6 is 11.6 Å². The summed E-state index contributed by atoms with van der Waals surface area (Å²) in [6, 6.07) is 5.57. The van der Waals surface area contributed by atoms with Crippen LogP contribution in [0.4, 0.5) is 0 Å². The Morgan fingerprint density at radius 1 is 1.47 bits per heavy atom. The molecular formula is C12H14ClN3O. The summed E-state index contributed by atoms with van der Waals surface area (Å²) in [6.07, 6.45) is 3.33. The normalized spacial score (nSPS) is 12.5. The van der Waals surface area contributed by atoms with Crippen LogP contribution in [0.3, 0.4) is 0 Å². The van der Waals surface area contributed by atoms with Crippen molar-refractivity contribution < 1.29 is 4.74 Å². The quantitative estimate of drug-likeness (QED) is 0.912. The molecule has 2 N–H and O–H groups in total. The van der Waals surface area contributed by atoms with E-state index in [1.807, 2.05) is 25.1 Å². The summed E-state index contributed by atoms with van der Waals surface area (Å²) in [6.45, 7) is 1.91. The molecule has 0 saturated carbocycles. The first-order valence-corrected chi connectivity index (χ1v) is 5.64. The molecule has 2 aromatic rings. The Hall–Kier alpha value is -1.52. The molecule has 90 valence electrons. The topological polar surface area (TPSA) is 53.1 Å². The number of hydrogen-bond donors (Lipinski definition) is 1. The van der Waals surface area contributed by atoms with E-state index in [1.165, 1.54) is 0 Å². The van der Waals surface area contributed by atoms with Crippen LogP contribution in [0, 0.1) is 0 Å². The van der Waals surface area contributed by atoms with Crippen LogP contribution in [0.15, 0.2) is 30.6 Å². The zero-order valence-corrected chi connectivity index (χ0v) is 10.5. The van der Waals surface area contributed by atoms with Crippen LogP contribution in [0.2, 0.25) is 5.02 Å². The molecule has 1 aromatic heterocycles. The van der Waals surface area contributed by atoms with Gasteiger partial charge in [-0.05, 0) is 19.1 Å². The molecule has 0 bridgehead atoms. The monoisotopic (exact) mass is 251 g/mol. The van der Waals surface area contributed by atoms with E-state index in [9.17, 15) is 0 Å². The maximum Gasteiger partial charge on any atom is 0.125 e. The van der Waals surface area contributed by atoms with Gasteiger partial charge in [0.15, 0.2) is 0 Å². The van der Waals surface area contributed by atoms with Crippen LogP contribution in [0.1, 0.15) is 18.5 Å². The highest BCUT2D eigenvalue weighted by molar-refractivity contribution is 6.30. The summed E-state index contributed by atoms with van der Waals surface area (Å²) < 4.78 is 7.02. The number of nitrogens with zero attached hydrogens (tertiary/aromatic N) is 2. The molecule has 5 heteroatoms. The van der Waals surface area contributed by atoms with Crippen molar-refractivity contribution in [2.75, 3.05) is 7.11 Å². The average Bonchev–Trinajstić information content (AvgIpc) is 2.74. The lowest BCUT2D eigenvalue weighted by Crippen LogP contribution is -2.11. The number of halogens is 1. The molecule has 0 aliphatic carbocycles. The maximum absolute atomic E-state index is 5.98. The van der Waals surface area contributed by atoms with Gasteiger partial charge in [-0.15, -0.1) is 0 Å². The molecule has 1 aromatic carbocycles. The summed E-state index contributed by atoms with van der Waals surface area (Å²) in [4.78, 5) is 0.